The predicted octanol–water partition coefficient (Wildman–Crippen LogP) is 1.70. The Morgan fingerprint density at radius 2 is 2.20 bits per heavy atom. The molecule has 0 spiro atoms. The van der Waals surface area contributed by atoms with Crippen LogP contribution in [0.15, 0.2) is 30.2 Å². The van der Waals surface area contributed by atoms with Gasteiger partial charge in [-0.25, -0.2) is 14.8 Å². The Labute approximate surface area is 117 Å². The highest BCUT2D eigenvalue weighted by Crippen LogP contribution is 2.24. The Morgan fingerprint density at radius 3 is 2.80 bits per heavy atom. The van der Waals surface area contributed by atoms with E-state index in [2.05, 4.69) is 20.1 Å². The fourth-order valence-electron chi connectivity index (χ4n) is 1.69. The van der Waals surface area contributed by atoms with Crippen molar-refractivity contribution in [1.29, 1.82) is 0 Å². The predicted molar refractivity (Wildman–Crippen MR) is 72.3 cm³/mol. The second-order valence-corrected chi connectivity index (χ2v) is 4.92. The van der Waals surface area contributed by atoms with E-state index >= 15 is 0 Å². The number of carbonyl (C=O) groups is 1. The SMILES string of the molecule is Cn1cc(-c2cc(C(=O)O)nc(-c3cncs3)n2)cn1. The molecule has 3 heterocycles. The van der Waals surface area contributed by atoms with Crippen LogP contribution in [-0.2, 0) is 7.05 Å². The smallest absolute Gasteiger partial charge is 0.354 e. The van der Waals surface area contributed by atoms with Gasteiger partial charge in [0.05, 0.1) is 22.3 Å². The maximum Gasteiger partial charge on any atom is 0.354 e. The Balaban J connectivity index is 2.17. The summed E-state index contributed by atoms with van der Waals surface area (Å²) in [4.78, 5) is 24.3. The summed E-state index contributed by atoms with van der Waals surface area (Å²) in [6.07, 6.45) is 5.01. The summed E-state index contributed by atoms with van der Waals surface area (Å²) in [5.74, 6) is -0.741. The van der Waals surface area contributed by atoms with Crippen molar-refractivity contribution in [3.05, 3.63) is 35.9 Å². The van der Waals surface area contributed by atoms with E-state index in [0.717, 1.165) is 10.4 Å². The summed E-state index contributed by atoms with van der Waals surface area (Å²) in [6, 6.07) is 1.43. The molecule has 0 aromatic carbocycles. The summed E-state index contributed by atoms with van der Waals surface area (Å²) < 4.78 is 1.63. The first-order valence-electron chi connectivity index (χ1n) is 5.64. The quantitative estimate of drug-likeness (QED) is 0.788. The van der Waals surface area contributed by atoms with Crippen molar-refractivity contribution in [2.45, 2.75) is 0 Å². The zero-order valence-corrected chi connectivity index (χ0v) is 11.2. The summed E-state index contributed by atoms with van der Waals surface area (Å²) in [7, 11) is 1.78. The number of aromatic carboxylic acids is 1. The molecule has 0 aliphatic rings. The van der Waals surface area contributed by atoms with Crippen molar-refractivity contribution < 1.29 is 9.90 Å². The molecule has 0 saturated heterocycles. The minimum absolute atomic E-state index is 0.0535. The van der Waals surface area contributed by atoms with Crippen molar-refractivity contribution in [2.75, 3.05) is 0 Å². The number of thiazole rings is 1. The zero-order valence-electron chi connectivity index (χ0n) is 10.4. The van der Waals surface area contributed by atoms with E-state index in [1.165, 1.54) is 17.4 Å². The number of carboxylic acid groups (broad SMARTS) is 1. The molecular weight excluding hydrogens is 278 g/mol. The fraction of sp³-hybridized carbons (Fsp3) is 0.0833. The molecule has 3 aromatic heterocycles. The Hall–Kier alpha value is -2.61. The average molecular weight is 287 g/mol. The second kappa shape index (κ2) is 4.82. The summed E-state index contributed by atoms with van der Waals surface area (Å²) in [5.41, 5.74) is 2.86. The van der Waals surface area contributed by atoms with Crippen LogP contribution in [0.3, 0.4) is 0 Å². The van der Waals surface area contributed by atoms with Crippen LogP contribution >= 0.6 is 11.3 Å². The third kappa shape index (κ3) is 2.28. The minimum Gasteiger partial charge on any atom is -0.477 e. The Morgan fingerprint density at radius 1 is 1.35 bits per heavy atom. The van der Waals surface area contributed by atoms with E-state index in [0.29, 0.717) is 11.5 Å². The number of aryl methyl sites for hydroxylation is 1. The van der Waals surface area contributed by atoms with Crippen LogP contribution < -0.4 is 0 Å². The highest BCUT2D eigenvalue weighted by molar-refractivity contribution is 7.13. The van der Waals surface area contributed by atoms with Crippen molar-refractivity contribution in [3.63, 3.8) is 0 Å². The van der Waals surface area contributed by atoms with Crippen LogP contribution in [0.25, 0.3) is 22.0 Å². The Kier molecular flexibility index (Phi) is 2.99. The third-order valence-corrected chi connectivity index (χ3v) is 3.37. The number of nitrogens with zero attached hydrogens (tertiary/aromatic N) is 5. The zero-order chi connectivity index (χ0) is 14.1. The first-order valence-corrected chi connectivity index (χ1v) is 6.52. The van der Waals surface area contributed by atoms with Crippen LogP contribution in [-0.4, -0.2) is 35.8 Å². The number of carboxylic acids is 1. The molecule has 3 aromatic rings. The van der Waals surface area contributed by atoms with Gasteiger partial charge >= 0.3 is 5.97 Å². The second-order valence-electron chi connectivity index (χ2n) is 4.04. The topological polar surface area (TPSA) is 93.8 Å². The van der Waals surface area contributed by atoms with Crippen LogP contribution in [0.1, 0.15) is 10.5 Å². The molecule has 20 heavy (non-hydrogen) atoms. The number of hydrogen-bond donors (Lipinski definition) is 1. The van der Waals surface area contributed by atoms with Gasteiger partial charge in [0, 0.05) is 25.0 Å². The van der Waals surface area contributed by atoms with Gasteiger partial charge < -0.3 is 5.11 Å². The van der Waals surface area contributed by atoms with E-state index in [-0.39, 0.29) is 5.69 Å². The molecule has 0 unspecified atom stereocenters. The molecule has 3 rings (SSSR count). The van der Waals surface area contributed by atoms with Gasteiger partial charge in [-0.1, -0.05) is 0 Å². The van der Waals surface area contributed by atoms with Gasteiger partial charge in [-0.3, -0.25) is 9.67 Å². The highest BCUT2D eigenvalue weighted by atomic mass is 32.1. The van der Waals surface area contributed by atoms with Crippen molar-refractivity contribution in [2.24, 2.45) is 7.05 Å². The number of hydrogen-bond acceptors (Lipinski definition) is 6. The molecule has 1 N–H and O–H groups in total. The van der Waals surface area contributed by atoms with Gasteiger partial charge in [-0.15, -0.1) is 11.3 Å². The summed E-state index contributed by atoms with van der Waals surface area (Å²) >= 11 is 1.36. The lowest BCUT2D eigenvalue weighted by atomic mass is 10.2. The Bertz CT molecular complexity index is 766. The molecule has 0 bridgehead atoms. The van der Waals surface area contributed by atoms with Crippen LogP contribution in [0.4, 0.5) is 0 Å². The van der Waals surface area contributed by atoms with E-state index in [1.807, 2.05) is 0 Å². The molecule has 100 valence electrons. The molecule has 0 aliphatic heterocycles. The largest absolute Gasteiger partial charge is 0.477 e. The number of aromatic nitrogens is 5. The third-order valence-electron chi connectivity index (χ3n) is 2.60. The van der Waals surface area contributed by atoms with E-state index in [4.69, 9.17) is 5.11 Å². The molecule has 7 nitrogen and oxygen atoms in total. The standard InChI is InChI=1S/C12H9N5O2S/c1-17-5-7(3-14-17)8-2-9(12(18)19)16-11(15-8)10-4-13-6-20-10/h2-6H,1H3,(H,18,19). The molecule has 8 heteroatoms. The average Bonchev–Trinajstić information content (AvgIpc) is 3.09. The molecule has 0 fully saturated rings. The van der Waals surface area contributed by atoms with Gasteiger partial charge in [0.15, 0.2) is 11.5 Å². The number of rotatable bonds is 3. The van der Waals surface area contributed by atoms with E-state index in [1.54, 1.807) is 35.8 Å². The summed E-state index contributed by atoms with van der Waals surface area (Å²) in [5, 5.41) is 13.2. The van der Waals surface area contributed by atoms with Crippen molar-refractivity contribution in [3.8, 4) is 22.0 Å². The first kappa shape index (κ1) is 12.4. The van der Waals surface area contributed by atoms with Gasteiger partial charge in [-0.05, 0) is 6.07 Å². The molecule has 0 amide bonds. The van der Waals surface area contributed by atoms with Crippen molar-refractivity contribution in [1.82, 2.24) is 24.7 Å². The normalized spacial score (nSPS) is 10.7. The minimum atomic E-state index is -1.09. The fourth-order valence-corrected chi connectivity index (χ4v) is 2.25. The maximum absolute atomic E-state index is 11.2. The van der Waals surface area contributed by atoms with E-state index in [9.17, 15) is 4.79 Å². The van der Waals surface area contributed by atoms with Crippen LogP contribution in [0, 0.1) is 0 Å². The molecule has 0 radical (unpaired) electrons. The highest BCUT2D eigenvalue weighted by Gasteiger charge is 2.14. The van der Waals surface area contributed by atoms with Crippen LogP contribution in [0.5, 0.6) is 0 Å². The lowest BCUT2D eigenvalue weighted by Gasteiger charge is -2.02. The lowest BCUT2D eigenvalue weighted by molar-refractivity contribution is 0.0690. The van der Waals surface area contributed by atoms with Gasteiger partial charge in [0.25, 0.3) is 0 Å². The molecule has 0 atom stereocenters. The van der Waals surface area contributed by atoms with E-state index < -0.39 is 5.97 Å². The van der Waals surface area contributed by atoms with Crippen LogP contribution in [0.2, 0.25) is 0 Å². The maximum atomic E-state index is 11.2. The first-order chi connectivity index (χ1) is 9.63. The van der Waals surface area contributed by atoms with Gasteiger partial charge in [0.1, 0.15) is 0 Å². The van der Waals surface area contributed by atoms with Crippen molar-refractivity contribution >= 4 is 17.3 Å². The lowest BCUT2D eigenvalue weighted by Crippen LogP contribution is -2.03. The molecular formula is C12H9N5O2S. The molecule has 0 saturated carbocycles. The summed E-state index contributed by atoms with van der Waals surface area (Å²) in [6.45, 7) is 0. The van der Waals surface area contributed by atoms with Gasteiger partial charge in [0.2, 0.25) is 0 Å². The van der Waals surface area contributed by atoms with Gasteiger partial charge in [-0.2, -0.15) is 5.10 Å². The molecule has 0 aliphatic carbocycles. The monoisotopic (exact) mass is 287 g/mol.